The number of carbonyl (C=O) groups excluding carboxylic acids is 1. The van der Waals surface area contributed by atoms with Crippen LogP contribution in [0.15, 0.2) is 65.0 Å². The monoisotopic (exact) mass is 493 g/mol. The second-order valence-corrected chi connectivity index (χ2v) is 10.3. The Kier molecular flexibility index (Phi) is 8.13. The van der Waals surface area contributed by atoms with E-state index in [-0.39, 0.29) is 36.4 Å². The molecule has 8 nitrogen and oxygen atoms in total. The van der Waals surface area contributed by atoms with E-state index in [1.165, 1.54) is 35.6 Å². The molecule has 0 aliphatic carbocycles. The number of para-hydroxylation sites is 1. The predicted octanol–water partition coefficient (Wildman–Crippen LogP) is 3.76. The van der Waals surface area contributed by atoms with Crippen molar-refractivity contribution in [1.82, 2.24) is 8.87 Å². The summed E-state index contributed by atoms with van der Waals surface area (Å²) in [6.07, 6.45) is 1.77. The van der Waals surface area contributed by atoms with Gasteiger partial charge >= 0.3 is 0 Å². The van der Waals surface area contributed by atoms with E-state index in [0.29, 0.717) is 11.3 Å². The number of nitriles is 2. The molecule has 1 heterocycles. The smallest absolute Gasteiger partial charge is 0.279 e. The molecule has 0 fully saturated rings. The molecule has 34 heavy (non-hydrogen) atoms. The van der Waals surface area contributed by atoms with E-state index < -0.39 is 15.9 Å². The third-order valence-electron chi connectivity index (χ3n) is 5.10. The lowest BCUT2D eigenvalue weighted by Gasteiger charge is -2.20. The molecule has 0 spiro atoms. The van der Waals surface area contributed by atoms with E-state index in [1.807, 2.05) is 41.8 Å². The van der Waals surface area contributed by atoms with Gasteiger partial charge in [-0.2, -0.15) is 19.8 Å². The van der Waals surface area contributed by atoms with Gasteiger partial charge in [-0.25, -0.2) is 8.42 Å². The summed E-state index contributed by atoms with van der Waals surface area (Å²) in [5, 5.41) is 17.6. The van der Waals surface area contributed by atoms with Crippen LogP contribution in [-0.2, 0) is 16.6 Å². The number of thiazole rings is 1. The summed E-state index contributed by atoms with van der Waals surface area (Å²) >= 11 is 1.40. The first-order chi connectivity index (χ1) is 16.3. The van der Waals surface area contributed by atoms with Crippen molar-refractivity contribution < 1.29 is 13.2 Å². The molecule has 0 bridgehead atoms. The van der Waals surface area contributed by atoms with E-state index in [2.05, 4.69) is 11.6 Å². The highest BCUT2D eigenvalue weighted by Gasteiger charge is 2.24. The van der Waals surface area contributed by atoms with E-state index in [9.17, 15) is 13.2 Å². The first-order valence-electron chi connectivity index (χ1n) is 10.5. The Hall–Kier alpha value is -3.57. The van der Waals surface area contributed by atoms with Crippen molar-refractivity contribution in [2.75, 3.05) is 13.1 Å². The van der Waals surface area contributed by atoms with Gasteiger partial charge in [-0.1, -0.05) is 29.5 Å². The molecule has 1 aromatic heterocycles. The number of sulfonamides is 1. The number of aromatic nitrogens is 1. The highest BCUT2D eigenvalue weighted by molar-refractivity contribution is 7.89. The maximum atomic E-state index is 13.0. The summed E-state index contributed by atoms with van der Waals surface area (Å²) in [7, 11) is -3.91. The van der Waals surface area contributed by atoms with E-state index >= 15 is 0 Å². The van der Waals surface area contributed by atoms with Gasteiger partial charge in [-0.3, -0.25) is 4.79 Å². The first-order valence-corrected chi connectivity index (χ1v) is 12.7. The van der Waals surface area contributed by atoms with Gasteiger partial charge in [0.2, 0.25) is 10.0 Å². The molecule has 0 radical (unpaired) electrons. The maximum absolute atomic E-state index is 13.0. The van der Waals surface area contributed by atoms with Crippen molar-refractivity contribution in [2.24, 2.45) is 4.99 Å². The number of aryl methyl sites for hydroxylation is 1. The predicted molar refractivity (Wildman–Crippen MR) is 130 cm³/mol. The van der Waals surface area contributed by atoms with Crippen LogP contribution in [0.2, 0.25) is 0 Å². The van der Waals surface area contributed by atoms with Gasteiger partial charge in [0.1, 0.15) is 0 Å². The number of carbonyl (C=O) groups is 1. The van der Waals surface area contributed by atoms with Crippen LogP contribution in [0.5, 0.6) is 0 Å². The van der Waals surface area contributed by atoms with Gasteiger partial charge in [0, 0.05) is 38.0 Å². The molecule has 3 rings (SSSR count). The van der Waals surface area contributed by atoms with E-state index in [1.54, 1.807) is 6.08 Å². The number of nitrogens with zero attached hydrogens (tertiary/aromatic N) is 5. The number of rotatable bonds is 9. The van der Waals surface area contributed by atoms with Crippen molar-refractivity contribution in [1.29, 1.82) is 10.5 Å². The second-order valence-electron chi connectivity index (χ2n) is 7.37. The van der Waals surface area contributed by atoms with Crippen LogP contribution in [0.3, 0.4) is 0 Å². The van der Waals surface area contributed by atoms with Gasteiger partial charge in [-0.15, -0.1) is 6.58 Å². The molecule has 0 N–H and O–H groups in total. The first kappa shape index (κ1) is 25.1. The van der Waals surface area contributed by atoms with Crippen molar-refractivity contribution in [3.05, 3.63) is 71.0 Å². The molecule has 0 saturated carbocycles. The fourth-order valence-electron chi connectivity index (χ4n) is 3.46. The molecular formula is C24H23N5O3S2. The number of fused-ring (bicyclic) bond motifs is 1. The zero-order chi connectivity index (χ0) is 24.7. The van der Waals surface area contributed by atoms with Crippen molar-refractivity contribution >= 4 is 37.5 Å². The lowest BCUT2D eigenvalue weighted by atomic mass is 10.2. The standard InChI is InChI=1S/C24H23N5O3S2/c1-3-15-29-22-18(2)7-4-8-21(22)33-24(29)27-23(30)19-9-11-20(12-10-19)34(31,32)28(16-5-13-25)17-6-14-26/h3-4,7-12H,1,5-6,15-17H2,2H3. The van der Waals surface area contributed by atoms with Gasteiger partial charge in [-0.05, 0) is 42.8 Å². The van der Waals surface area contributed by atoms with Crippen LogP contribution in [0.25, 0.3) is 10.2 Å². The molecule has 1 amide bonds. The van der Waals surface area contributed by atoms with E-state index in [4.69, 9.17) is 10.5 Å². The highest BCUT2D eigenvalue weighted by atomic mass is 32.2. The van der Waals surface area contributed by atoms with Gasteiger partial charge in [0.05, 0.1) is 27.3 Å². The summed E-state index contributed by atoms with van der Waals surface area (Å²) < 4.78 is 29.9. The maximum Gasteiger partial charge on any atom is 0.279 e. The highest BCUT2D eigenvalue weighted by Crippen LogP contribution is 2.21. The Morgan fingerprint density at radius 2 is 1.79 bits per heavy atom. The molecule has 3 aromatic rings. The number of allylic oxidation sites excluding steroid dienone is 1. The third kappa shape index (κ3) is 5.32. The summed E-state index contributed by atoms with van der Waals surface area (Å²) in [4.78, 5) is 17.7. The third-order valence-corrected chi connectivity index (χ3v) is 8.05. The normalized spacial score (nSPS) is 11.9. The Bertz CT molecular complexity index is 1450. The molecule has 0 atom stereocenters. The molecular weight excluding hydrogens is 470 g/mol. The molecule has 0 saturated heterocycles. The lowest BCUT2D eigenvalue weighted by molar-refractivity contribution is 0.0997. The zero-order valence-electron chi connectivity index (χ0n) is 18.6. The summed E-state index contributed by atoms with van der Waals surface area (Å²) in [6, 6.07) is 15.3. The second kappa shape index (κ2) is 11.0. The number of hydrogen-bond acceptors (Lipinski definition) is 6. The van der Waals surface area contributed by atoms with Crippen LogP contribution < -0.4 is 4.80 Å². The number of hydrogen-bond donors (Lipinski definition) is 0. The summed E-state index contributed by atoms with van der Waals surface area (Å²) in [5.74, 6) is -0.489. The van der Waals surface area contributed by atoms with Crippen molar-refractivity contribution in [3.8, 4) is 12.1 Å². The molecule has 0 aliphatic rings. The average Bonchev–Trinajstić information content (AvgIpc) is 3.17. The Balaban J connectivity index is 1.94. The molecule has 174 valence electrons. The van der Waals surface area contributed by atoms with Crippen molar-refractivity contribution in [3.63, 3.8) is 0 Å². The zero-order valence-corrected chi connectivity index (χ0v) is 20.3. The SMILES string of the molecule is C=CCn1c(=NC(=O)c2ccc(S(=O)(=O)N(CCC#N)CCC#N)cc2)sc2cccc(C)c21. The Labute approximate surface area is 202 Å². The van der Waals surface area contributed by atoms with Crippen LogP contribution in [0.4, 0.5) is 0 Å². The van der Waals surface area contributed by atoms with Gasteiger partial charge in [0.15, 0.2) is 4.80 Å². The quantitative estimate of drug-likeness (QED) is 0.421. The fraction of sp³-hybridized carbons (Fsp3) is 0.250. The lowest BCUT2D eigenvalue weighted by Crippen LogP contribution is -2.32. The van der Waals surface area contributed by atoms with Crippen molar-refractivity contribution in [2.45, 2.75) is 31.2 Å². The summed E-state index contributed by atoms with van der Waals surface area (Å²) in [6.45, 7) is 6.27. The topological polar surface area (TPSA) is 119 Å². The fourth-order valence-corrected chi connectivity index (χ4v) is 6.02. The van der Waals surface area contributed by atoms with Gasteiger partial charge in [0.25, 0.3) is 5.91 Å². The minimum Gasteiger partial charge on any atom is -0.312 e. The molecule has 10 heteroatoms. The molecule has 0 unspecified atom stereocenters. The minimum absolute atomic E-state index is 0.00874. The van der Waals surface area contributed by atoms with Gasteiger partial charge < -0.3 is 4.57 Å². The van der Waals surface area contributed by atoms with E-state index in [0.717, 1.165) is 20.1 Å². The summed E-state index contributed by atoms with van der Waals surface area (Å²) in [5.41, 5.74) is 2.31. The largest absolute Gasteiger partial charge is 0.312 e. The minimum atomic E-state index is -3.91. The van der Waals surface area contributed by atoms with Crippen LogP contribution in [0, 0.1) is 29.6 Å². The molecule has 0 aliphatic heterocycles. The Morgan fingerprint density at radius 3 is 2.38 bits per heavy atom. The number of benzene rings is 2. The van der Waals surface area contributed by atoms with Crippen LogP contribution >= 0.6 is 11.3 Å². The average molecular weight is 494 g/mol. The number of amides is 1. The van der Waals surface area contributed by atoms with Crippen LogP contribution in [0.1, 0.15) is 28.8 Å². The molecule has 2 aromatic carbocycles. The van der Waals surface area contributed by atoms with Crippen LogP contribution in [-0.4, -0.2) is 36.3 Å². The Morgan fingerprint density at radius 1 is 1.15 bits per heavy atom.